The highest BCUT2D eigenvalue weighted by atomic mass is 16.2. The fourth-order valence-electron chi connectivity index (χ4n) is 6.68. The SMILES string of the molecule is CCCCCCc1ccc(N(c2ccc(CCCCCC)cc2)c2c3ccccc3c(C#Cc3ccccc3)c3ccccc23)cc1.O=C=O. The van der Waals surface area contributed by atoms with E-state index in [-0.39, 0.29) is 6.15 Å². The first-order valence-corrected chi connectivity index (χ1v) is 18.2. The van der Waals surface area contributed by atoms with Gasteiger partial charge in [0, 0.05) is 44.0 Å². The summed E-state index contributed by atoms with van der Waals surface area (Å²) in [5.74, 6) is 7.05. The Bertz CT molecular complexity index is 1930. The molecule has 0 atom stereocenters. The van der Waals surface area contributed by atoms with Gasteiger partial charge in [-0.25, -0.2) is 0 Å². The lowest BCUT2D eigenvalue weighted by atomic mass is 9.93. The topological polar surface area (TPSA) is 37.4 Å². The van der Waals surface area contributed by atoms with Crippen molar-refractivity contribution in [3.05, 3.63) is 150 Å². The Kier molecular flexibility index (Phi) is 13.6. The van der Waals surface area contributed by atoms with Gasteiger partial charge in [0.2, 0.25) is 0 Å². The molecule has 50 heavy (non-hydrogen) atoms. The predicted octanol–water partition coefficient (Wildman–Crippen LogP) is 12.5. The first-order valence-electron chi connectivity index (χ1n) is 18.2. The molecule has 6 aromatic carbocycles. The van der Waals surface area contributed by atoms with E-state index in [0.717, 1.165) is 24.0 Å². The smallest absolute Gasteiger partial charge is 0.309 e. The second-order valence-electron chi connectivity index (χ2n) is 12.8. The lowest BCUT2D eigenvalue weighted by molar-refractivity contribution is -0.191. The normalized spacial score (nSPS) is 10.5. The van der Waals surface area contributed by atoms with Crippen molar-refractivity contribution >= 4 is 44.8 Å². The summed E-state index contributed by atoms with van der Waals surface area (Å²) < 4.78 is 0. The van der Waals surface area contributed by atoms with Crippen molar-refractivity contribution in [3.63, 3.8) is 0 Å². The molecule has 252 valence electrons. The van der Waals surface area contributed by atoms with Crippen LogP contribution in [0.15, 0.2) is 127 Å². The lowest BCUT2D eigenvalue weighted by Gasteiger charge is -2.29. The van der Waals surface area contributed by atoms with Crippen molar-refractivity contribution in [2.24, 2.45) is 0 Å². The highest BCUT2D eigenvalue weighted by Gasteiger charge is 2.21. The molecule has 3 heteroatoms. The van der Waals surface area contributed by atoms with Crippen LogP contribution in [0.25, 0.3) is 21.5 Å². The van der Waals surface area contributed by atoms with Gasteiger partial charge in [-0.3, -0.25) is 0 Å². The molecule has 0 aliphatic rings. The molecule has 0 radical (unpaired) electrons. The van der Waals surface area contributed by atoms with Gasteiger partial charge < -0.3 is 4.90 Å². The zero-order chi connectivity index (χ0) is 35.0. The molecule has 3 nitrogen and oxygen atoms in total. The largest absolute Gasteiger partial charge is 0.373 e. The fourth-order valence-corrected chi connectivity index (χ4v) is 6.68. The first-order chi connectivity index (χ1) is 24.7. The number of unbranched alkanes of at least 4 members (excludes halogenated alkanes) is 6. The number of fused-ring (bicyclic) bond motifs is 2. The van der Waals surface area contributed by atoms with Gasteiger partial charge in [-0.1, -0.05) is 155 Å². The molecule has 0 saturated carbocycles. The Morgan fingerprint density at radius 2 is 0.880 bits per heavy atom. The molecular formula is C47H47NO2. The molecule has 6 rings (SSSR count). The summed E-state index contributed by atoms with van der Waals surface area (Å²) in [6.07, 6.45) is 12.8. The van der Waals surface area contributed by atoms with E-state index in [2.05, 4.69) is 140 Å². The molecular weight excluding hydrogens is 611 g/mol. The number of hydrogen-bond donors (Lipinski definition) is 0. The Morgan fingerprint density at radius 3 is 1.32 bits per heavy atom. The Hall–Kier alpha value is -5.42. The average molecular weight is 658 g/mol. The summed E-state index contributed by atoms with van der Waals surface area (Å²) in [5.41, 5.74) is 8.48. The quantitative estimate of drug-likeness (QED) is 0.0704. The molecule has 0 amide bonds. The van der Waals surface area contributed by atoms with Crippen LogP contribution in [0.5, 0.6) is 0 Å². The van der Waals surface area contributed by atoms with Crippen LogP contribution < -0.4 is 4.90 Å². The van der Waals surface area contributed by atoms with Crippen LogP contribution in [0, 0.1) is 11.8 Å². The van der Waals surface area contributed by atoms with Gasteiger partial charge in [0.1, 0.15) is 0 Å². The van der Waals surface area contributed by atoms with Crippen LogP contribution in [-0.2, 0) is 22.4 Å². The Labute approximate surface area is 298 Å². The third kappa shape index (κ3) is 9.17. The van der Waals surface area contributed by atoms with Crippen LogP contribution >= 0.6 is 0 Å². The molecule has 0 aromatic heterocycles. The Balaban J connectivity index is 0.00000156. The number of anilines is 3. The van der Waals surface area contributed by atoms with Gasteiger partial charge >= 0.3 is 6.15 Å². The van der Waals surface area contributed by atoms with E-state index >= 15 is 0 Å². The second-order valence-corrected chi connectivity index (χ2v) is 12.8. The predicted molar refractivity (Wildman–Crippen MR) is 209 cm³/mol. The fraction of sp³-hybridized carbons (Fsp3) is 0.255. The van der Waals surface area contributed by atoms with E-state index in [1.165, 1.54) is 101 Å². The molecule has 0 saturated heterocycles. The average Bonchev–Trinajstić information content (AvgIpc) is 3.16. The summed E-state index contributed by atoms with van der Waals surface area (Å²) in [6, 6.07) is 46.5. The molecule has 0 fully saturated rings. The molecule has 0 heterocycles. The van der Waals surface area contributed by atoms with Crippen molar-refractivity contribution in [2.75, 3.05) is 4.90 Å². The number of hydrogen-bond acceptors (Lipinski definition) is 3. The minimum Gasteiger partial charge on any atom is -0.309 e. The maximum absolute atomic E-state index is 8.12. The van der Waals surface area contributed by atoms with E-state index in [9.17, 15) is 0 Å². The molecule has 0 aliphatic carbocycles. The summed E-state index contributed by atoms with van der Waals surface area (Å²) in [5, 5.41) is 4.76. The zero-order valence-corrected chi connectivity index (χ0v) is 29.5. The molecule has 0 N–H and O–H groups in total. The summed E-state index contributed by atoms with van der Waals surface area (Å²) in [7, 11) is 0. The van der Waals surface area contributed by atoms with Gasteiger partial charge in [0.25, 0.3) is 0 Å². The Morgan fingerprint density at radius 1 is 0.460 bits per heavy atom. The summed E-state index contributed by atoms with van der Waals surface area (Å²) >= 11 is 0. The molecule has 0 aliphatic heterocycles. The first kappa shape index (κ1) is 35.9. The minimum absolute atomic E-state index is 0.250. The van der Waals surface area contributed by atoms with Gasteiger partial charge in [0.15, 0.2) is 0 Å². The molecule has 0 unspecified atom stereocenters. The number of carbonyl (C=O) groups excluding carboxylic acids is 2. The highest BCUT2D eigenvalue weighted by molar-refractivity contribution is 6.17. The number of benzene rings is 6. The lowest BCUT2D eigenvalue weighted by Crippen LogP contribution is -2.12. The number of rotatable bonds is 13. The third-order valence-corrected chi connectivity index (χ3v) is 9.26. The highest BCUT2D eigenvalue weighted by Crippen LogP contribution is 2.45. The minimum atomic E-state index is 0.250. The molecule has 0 spiro atoms. The van der Waals surface area contributed by atoms with E-state index in [1.807, 2.05) is 18.2 Å². The standard InChI is InChI=1S/C46H47N.CO2/c1-3-5-7-10-20-37-26-31-39(32-27-37)47(40-33-28-38(29-34-40)21-11-8-6-4-2)46-44-24-16-14-22-41(44)43(42-23-15-17-25-45(42)46)35-30-36-18-12-9-13-19-36;2-1-3/h9,12-19,22-29,31-34H,3-8,10-11,20-21H2,1-2H3;. The summed E-state index contributed by atoms with van der Waals surface area (Å²) in [6.45, 7) is 4.55. The van der Waals surface area contributed by atoms with Gasteiger partial charge in [-0.05, 0) is 73.2 Å². The van der Waals surface area contributed by atoms with Crippen LogP contribution in [0.1, 0.15) is 87.5 Å². The van der Waals surface area contributed by atoms with Crippen molar-refractivity contribution in [1.29, 1.82) is 0 Å². The monoisotopic (exact) mass is 657 g/mol. The van der Waals surface area contributed by atoms with Crippen molar-refractivity contribution in [1.82, 2.24) is 0 Å². The van der Waals surface area contributed by atoms with E-state index in [1.54, 1.807) is 0 Å². The van der Waals surface area contributed by atoms with Crippen LogP contribution in [-0.4, -0.2) is 6.15 Å². The van der Waals surface area contributed by atoms with E-state index in [4.69, 9.17) is 9.59 Å². The van der Waals surface area contributed by atoms with Gasteiger partial charge in [-0.15, -0.1) is 0 Å². The van der Waals surface area contributed by atoms with Crippen molar-refractivity contribution in [2.45, 2.75) is 78.1 Å². The van der Waals surface area contributed by atoms with Crippen molar-refractivity contribution in [3.8, 4) is 11.8 Å². The van der Waals surface area contributed by atoms with Gasteiger partial charge in [-0.2, -0.15) is 9.59 Å². The van der Waals surface area contributed by atoms with Crippen LogP contribution in [0.3, 0.4) is 0 Å². The maximum Gasteiger partial charge on any atom is 0.373 e. The third-order valence-electron chi connectivity index (χ3n) is 9.26. The number of aryl methyl sites for hydroxylation is 2. The van der Waals surface area contributed by atoms with Gasteiger partial charge in [0.05, 0.1) is 5.69 Å². The van der Waals surface area contributed by atoms with Crippen LogP contribution in [0.2, 0.25) is 0 Å². The maximum atomic E-state index is 8.12. The molecule has 0 bridgehead atoms. The molecule has 6 aromatic rings. The zero-order valence-electron chi connectivity index (χ0n) is 29.5. The number of nitrogens with zero attached hydrogens (tertiary/aromatic N) is 1. The van der Waals surface area contributed by atoms with Crippen molar-refractivity contribution < 1.29 is 9.59 Å². The van der Waals surface area contributed by atoms with E-state index < -0.39 is 0 Å². The summed E-state index contributed by atoms with van der Waals surface area (Å²) in [4.78, 5) is 18.7. The second kappa shape index (κ2) is 18.9. The van der Waals surface area contributed by atoms with Crippen LogP contribution in [0.4, 0.5) is 17.1 Å². The van der Waals surface area contributed by atoms with E-state index in [0.29, 0.717) is 0 Å².